The maximum absolute atomic E-state index is 12.6. The Labute approximate surface area is 139 Å². The molecule has 7 nitrogen and oxygen atoms in total. The van der Waals surface area contributed by atoms with Crippen LogP contribution < -0.4 is 10.9 Å². The van der Waals surface area contributed by atoms with E-state index < -0.39 is 0 Å². The van der Waals surface area contributed by atoms with Crippen LogP contribution in [0.25, 0.3) is 10.9 Å². The van der Waals surface area contributed by atoms with Crippen molar-refractivity contribution in [2.24, 2.45) is 0 Å². The Bertz CT molecular complexity index is 897. The van der Waals surface area contributed by atoms with Crippen molar-refractivity contribution in [1.29, 1.82) is 0 Å². The van der Waals surface area contributed by atoms with Gasteiger partial charge in [0.05, 0.1) is 36.3 Å². The first-order chi connectivity index (χ1) is 11.6. The van der Waals surface area contributed by atoms with Crippen LogP contribution in [0.1, 0.15) is 25.6 Å². The third-order valence-electron chi connectivity index (χ3n) is 3.81. The molecule has 2 N–H and O–H groups in total. The Morgan fingerprint density at radius 1 is 1.25 bits per heavy atom. The molecule has 0 fully saturated rings. The van der Waals surface area contributed by atoms with E-state index in [2.05, 4.69) is 29.2 Å². The highest BCUT2D eigenvalue weighted by Crippen LogP contribution is 2.12. The molecule has 3 aromatic rings. The smallest absolute Gasteiger partial charge is 0.262 e. The van der Waals surface area contributed by atoms with Crippen molar-refractivity contribution in [3.05, 3.63) is 52.6 Å². The number of rotatable bonds is 6. The van der Waals surface area contributed by atoms with Crippen LogP contribution in [0.3, 0.4) is 0 Å². The summed E-state index contributed by atoms with van der Waals surface area (Å²) in [6.45, 7) is 4.65. The van der Waals surface area contributed by atoms with Gasteiger partial charge >= 0.3 is 0 Å². The zero-order valence-corrected chi connectivity index (χ0v) is 13.8. The van der Waals surface area contributed by atoms with Crippen LogP contribution >= 0.6 is 0 Å². The molecule has 7 heteroatoms. The van der Waals surface area contributed by atoms with Crippen molar-refractivity contribution in [1.82, 2.24) is 19.3 Å². The van der Waals surface area contributed by atoms with Gasteiger partial charge in [-0.05, 0) is 32.0 Å². The first-order valence-electron chi connectivity index (χ1n) is 7.98. The van der Waals surface area contributed by atoms with Gasteiger partial charge in [0, 0.05) is 12.2 Å². The molecule has 0 bridgehead atoms. The molecule has 0 aliphatic heterocycles. The van der Waals surface area contributed by atoms with Crippen molar-refractivity contribution in [3.8, 4) is 0 Å². The Balaban J connectivity index is 1.92. The summed E-state index contributed by atoms with van der Waals surface area (Å²) >= 11 is 0. The number of aliphatic hydroxyl groups excluding tert-OH is 1. The van der Waals surface area contributed by atoms with Crippen LogP contribution in [0, 0.1) is 0 Å². The molecule has 2 heterocycles. The second kappa shape index (κ2) is 6.84. The fraction of sp³-hybridized carbons (Fsp3) is 0.353. The second-order valence-electron chi connectivity index (χ2n) is 5.87. The summed E-state index contributed by atoms with van der Waals surface area (Å²) in [6, 6.07) is 9.43. The van der Waals surface area contributed by atoms with E-state index in [0.717, 1.165) is 5.69 Å². The van der Waals surface area contributed by atoms with E-state index in [0.29, 0.717) is 29.4 Å². The largest absolute Gasteiger partial charge is 0.395 e. The minimum atomic E-state index is -0.162. The summed E-state index contributed by atoms with van der Waals surface area (Å²) in [4.78, 5) is 17.1. The first-order valence-corrected chi connectivity index (χ1v) is 7.98. The average molecular weight is 327 g/mol. The highest BCUT2D eigenvalue weighted by Gasteiger charge is 2.11. The molecule has 24 heavy (non-hydrogen) atoms. The molecule has 0 spiro atoms. The molecule has 3 rings (SSSR count). The number of benzene rings is 1. The highest BCUT2D eigenvalue weighted by atomic mass is 16.3. The van der Waals surface area contributed by atoms with E-state index in [9.17, 15) is 9.90 Å². The van der Waals surface area contributed by atoms with Gasteiger partial charge in [0.1, 0.15) is 0 Å². The van der Waals surface area contributed by atoms with Crippen LogP contribution in [0.4, 0.5) is 5.95 Å². The fourth-order valence-corrected chi connectivity index (χ4v) is 2.54. The Morgan fingerprint density at radius 3 is 2.75 bits per heavy atom. The molecule has 0 saturated heterocycles. The number of nitrogens with one attached hydrogen (secondary N) is 1. The topological polar surface area (TPSA) is 85.0 Å². The monoisotopic (exact) mass is 327 g/mol. The minimum Gasteiger partial charge on any atom is -0.395 e. The van der Waals surface area contributed by atoms with Crippen LogP contribution in [0.15, 0.2) is 41.3 Å². The lowest BCUT2D eigenvalue weighted by Crippen LogP contribution is -2.26. The zero-order valence-electron chi connectivity index (χ0n) is 13.8. The van der Waals surface area contributed by atoms with Gasteiger partial charge in [-0.3, -0.25) is 14.0 Å². The van der Waals surface area contributed by atoms with Gasteiger partial charge in [-0.1, -0.05) is 12.1 Å². The fourth-order valence-electron chi connectivity index (χ4n) is 2.54. The van der Waals surface area contributed by atoms with Crippen LogP contribution in [0.2, 0.25) is 0 Å². The summed E-state index contributed by atoms with van der Waals surface area (Å²) in [5.41, 5.74) is 1.33. The van der Waals surface area contributed by atoms with Gasteiger partial charge in [0.2, 0.25) is 5.95 Å². The van der Waals surface area contributed by atoms with E-state index in [1.54, 1.807) is 18.2 Å². The molecule has 2 aromatic heterocycles. The number of para-hydroxylation sites is 1. The predicted octanol–water partition coefficient (Wildman–Crippen LogP) is 1.78. The molecule has 0 amide bonds. The van der Waals surface area contributed by atoms with E-state index in [1.165, 1.54) is 4.57 Å². The molecule has 0 saturated carbocycles. The Morgan fingerprint density at radius 2 is 2.04 bits per heavy atom. The average Bonchev–Trinajstić information content (AvgIpc) is 3.05. The number of anilines is 1. The van der Waals surface area contributed by atoms with Crippen molar-refractivity contribution < 1.29 is 5.11 Å². The molecule has 1 aromatic carbocycles. The zero-order chi connectivity index (χ0) is 17.1. The SMILES string of the molecule is CC(C)n1ccc(CNc2nc3ccccc3c(=O)n2CCO)n1. The standard InChI is InChI=1S/C17H21N5O2/c1-12(2)22-8-7-13(20-22)11-18-17-19-15-6-4-3-5-14(15)16(24)21(17)9-10-23/h3-8,12,23H,9-11H2,1-2H3,(H,18,19). The lowest BCUT2D eigenvalue weighted by molar-refractivity contribution is 0.275. The number of aliphatic hydroxyl groups is 1. The number of hydrogen-bond donors (Lipinski definition) is 2. The van der Waals surface area contributed by atoms with Crippen molar-refractivity contribution >= 4 is 16.9 Å². The molecular weight excluding hydrogens is 306 g/mol. The lowest BCUT2D eigenvalue weighted by Gasteiger charge is -2.13. The van der Waals surface area contributed by atoms with E-state index in [-0.39, 0.29) is 18.7 Å². The van der Waals surface area contributed by atoms with Crippen molar-refractivity contribution in [3.63, 3.8) is 0 Å². The maximum Gasteiger partial charge on any atom is 0.262 e. The quantitative estimate of drug-likeness (QED) is 0.721. The number of fused-ring (bicyclic) bond motifs is 1. The van der Waals surface area contributed by atoms with Gasteiger partial charge in [0.25, 0.3) is 5.56 Å². The Kier molecular flexibility index (Phi) is 4.61. The van der Waals surface area contributed by atoms with E-state index in [1.807, 2.05) is 23.0 Å². The summed E-state index contributed by atoms with van der Waals surface area (Å²) in [5, 5.41) is 17.4. The maximum atomic E-state index is 12.6. The molecule has 0 unspecified atom stereocenters. The number of aromatic nitrogens is 4. The van der Waals surface area contributed by atoms with Crippen LogP contribution in [0.5, 0.6) is 0 Å². The normalized spacial score (nSPS) is 11.3. The lowest BCUT2D eigenvalue weighted by atomic mass is 10.2. The van der Waals surface area contributed by atoms with Crippen molar-refractivity contribution in [2.75, 3.05) is 11.9 Å². The summed E-state index contributed by atoms with van der Waals surface area (Å²) in [6.07, 6.45) is 1.93. The van der Waals surface area contributed by atoms with Gasteiger partial charge < -0.3 is 10.4 Å². The van der Waals surface area contributed by atoms with Gasteiger partial charge in [-0.25, -0.2) is 4.98 Å². The molecule has 0 atom stereocenters. The predicted molar refractivity (Wildman–Crippen MR) is 93.0 cm³/mol. The number of hydrogen-bond acceptors (Lipinski definition) is 5. The molecule has 0 radical (unpaired) electrons. The highest BCUT2D eigenvalue weighted by molar-refractivity contribution is 5.78. The van der Waals surface area contributed by atoms with Crippen LogP contribution in [-0.2, 0) is 13.1 Å². The first kappa shape index (κ1) is 16.2. The third kappa shape index (κ3) is 3.16. The summed E-state index contributed by atoms with van der Waals surface area (Å²) < 4.78 is 3.34. The van der Waals surface area contributed by atoms with Gasteiger partial charge in [0.15, 0.2) is 0 Å². The van der Waals surface area contributed by atoms with Crippen molar-refractivity contribution in [2.45, 2.75) is 33.0 Å². The summed E-state index contributed by atoms with van der Waals surface area (Å²) in [7, 11) is 0. The van der Waals surface area contributed by atoms with Crippen LogP contribution in [-0.4, -0.2) is 31.0 Å². The number of nitrogens with zero attached hydrogens (tertiary/aromatic N) is 4. The molecule has 0 aliphatic rings. The second-order valence-corrected chi connectivity index (χ2v) is 5.87. The third-order valence-corrected chi connectivity index (χ3v) is 3.81. The summed E-state index contributed by atoms with van der Waals surface area (Å²) in [5.74, 6) is 0.437. The van der Waals surface area contributed by atoms with E-state index >= 15 is 0 Å². The minimum absolute atomic E-state index is 0.128. The Hall–Kier alpha value is -2.67. The molecular formula is C17H21N5O2. The van der Waals surface area contributed by atoms with E-state index in [4.69, 9.17) is 0 Å². The molecule has 126 valence electrons. The van der Waals surface area contributed by atoms with Gasteiger partial charge in [-0.2, -0.15) is 5.10 Å². The van der Waals surface area contributed by atoms with Gasteiger partial charge in [-0.15, -0.1) is 0 Å². The molecule has 0 aliphatic carbocycles.